The maximum Gasteiger partial charge on any atom is 0.241 e. The van der Waals surface area contributed by atoms with Crippen LogP contribution in [0, 0.1) is 13.8 Å². The predicted molar refractivity (Wildman–Crippen MR) is 69.1 cm³/mol. The first kappa shape index (κ1) is 13.7. The van der Waals surface area contributed by atoms with E-state index in [2.05, 4.69) is 20.7 Å². The Bertz CT molecular complexity index is 483. The minimum atomic E-state index is -3.39. The predicted octanol–water partition coefficient (Wildman–Crippen LogP) is 2.75. The molecule has 0 unspecified atom stereocenters. The molecule has 16 heavy (non-hydrogen) atoms. The fraction of sp³-hybridized carbons (Fsp3) is 0.455. The van der Waals surface area contributed by atoms with Gasteiger partial charge in [-0.05, 0) is 59.5 Å². The number of aryl methyl sites for hydroxylation is 2. The highest BCUT2D eigenvalue weighted by atomic mass is 79.9. The molecule has 5 heteroatoms. The molecule has 0 bridgehead atoms. The van der Waals surface area contributed by atoms with Crippen LogP contribution in [0.3, 0.4) is 0 Å². The number of benzene rings is 1. The lowest BCUT2D eigenvalue weighted by Crippen LogP contribution is -2.24. The molecular weight excluding hydrogens is 290 g/mol. The van der Waals surface area contributed by atoms with Gasteiger partial charge in [0.2, 0.25) is 10.0 Å². The number of nitrogens with one attached hydrogen (secondary N) is 1. The van der Waals surface area contributed by atoms with Crippen LogP contribution in [0.5, 0.6) is 0 Å². The average molecular weight is 306 g/mol. The van der Waals surface area contributed by atoms with Crippen LogP contribution in [-0.4, -0.2) is 15.0 Å². The summed E-state index contributed by atoms with van der Waals surface area (Å²) in [5, 5.41) is 0. The lowest BCUT2D eigenvalue weighted by atomic mass is 10.1. The Balaban J connectivity index is 3.18. The summed E-state index contributed by atoms with van der Waals surface area (Å²) in [6, 6.07) is 3.52. The molecule has 0 spiro atoms. The highest BCUT2D eigenvalue weighted by Gasteiger charge is 2.17. The molecule has 0 aliphatic heterocycles. The van der Waals surface area contributed by atoms with Crippen molar-refractivity contribution in [1.82, 2.24) is 4.72 Å². The number of hydrogen-bond donors (Lipinski definition) is 1. The molecule has 1 aromatic carbocycles. The Kier molecular flexibility index (Phi) is 4.52. The van der Waals surface area contributed by atoms with Gasteiger partial charge in [0.1, 0.15) is 0 Å². The van der Waals surface area contributed by atoms with Crippen molar-refractivity contribution in [2.24, 2.45) is 0 Å². The molecule has 0 aliphatic carbocycles. The molecule has 1 N–H and O–H groups in total. The minimum absolute atomic E-state index is 0.309. The molecule has 90 valence electrons. The fourth-order valence-corrected chi connectivity index (χ4v) is 3.65. The van der Waals surface area contributed by atoms with Gasteiger partial charge in [0.15, 0.2) is 0 Å². The van der Waals surface area contributed by atoms with Gasteiger partial charge in [-0.25, -0.2) is 13.1 Å². The van der Waals surface area contributed by atoms with E-state index in [0.29, 0.717) is 15.9 Å². The van der Waals surface area contributed by atoms with Crippen molar-refractivity contribution in [3.63, 3.8) is 0 Å². The Morgan fingerprint density at radius 2 is 1.81 bits per heavy atom. The fourth-order valence-electron chi connectivity index (χ4n) is 1.27. The van der Waals surface area contributed by atoms with E-state index in [-0.39, 0.29) is 0 Å². The van der Waals surface area contributed by atoms with E-state index in [4.69, 9.17) is 0 Å². The summed E-state index contributed by atoms with van der Waals surface area (Å²) in [7, 11) is -3.39. The van der Waals surface area contributed by atoms with E-state index >= 15 is 0 Å². The average Bonchev–Trinajstić information content (AvgIpc) is 2.20. The number of halogens is 1. The molecule has 0 saturated heterocycles. The molecule has 0 aliphatic rings. The molecule has 0 heterocycles. The van der Waals surface area contributed by atoms with Crippen molar-refractivity contribution in [3.8, 4) is 0 Å². The van der Waals surface area contributed by atoms with Crippen molar-refractivity contribution in [1.29, 1.82) is 0 Å². The van der Waals surface area contributed by atoms with Crippen LogP contribution in [0.25, 0.3) is 0 Å². The van der Waals surface area contributed by atoms with E-state index < -0.39 is 10.0 Å². The second kappa shape index (κ2) is 5.29. The smallest absolute Gasteiger partial charge is 0.211 e. The van der Waals surface area contributed by atoms with Gasteiger partial charge >= 0.3 is 0 Å². The van der Waals surface area contributed by atoms with Gasteiger partial charge in [-0.15, -0.1) is 0 Å². The maximum absolute atomic E-state index is 11.9. The van der Waals surface area contributed by atoms with Crippen LogP contribution in [0.2, 0.25) is 0 Å². The first-order valence-corrected chi connectivity index (χ1v) is 7.42. The largest absolute Gasteiger partial charge is 0.241 e. The molecular formula is C11H16BrNO2S. The number of sulfonamides is 1. The highest BCUT2D eigenvalue weighted by Crippen LogP contribution is 2.25. The molecule has 0 fully saturated rings. The van der Waals surface area contributed by atoms with Gasteiger partial charge in [-0.2, -0.15) is 0 Å². The third-order valence-corrected chi connectivity index (χ3v) is 4.80. The summed E-state index contributed by atoms with van der Waals surface area (Å²) in [6.07, 6.45) is 0.779. The zero-order valence-electron chi connectivity index (χ0n) is 9.67. The molecule has 0 radical (unpaired) electrons. The van der Waals surface area contributed by atoms with Crippen molar-refractivity contribution < 1.29 is 8.42 Å². The standard InChI is InChI=1S/C11H16BrNO2S/c1-4-5-13-16(14,15)11-7-9(3)8(2)6-10(11)12/h6-7,13H,4-5H2,1-3H3. The second-order valence-electron chi connectivity index (χ2n) is 3.76. The summed E-state index contributed by atoms with van der Waals surface area (Å²) < 4.78 is 27.0. The first-order chi connectivity index (χ1) is 7.38. The summed E-state index contributed by atoms with van der Waals surface area (Å²) in [5.74, 6) is 0. The summed E-state index contributed by atoms with van der Waals surface area (Å²) in [4.78, 5) is 0.309. The Morgan fingerprint density at radius 1 is 1.25 bits per heavy atom. The molecule has 3 nitrogen and oxygen atoms in total. The van der Waals surface area contributed by atoms with Crippen molar-refractivity contribution in [2.75, 3.05) is 6.54 Å². The third kappa shape index (κ3) is 3.06. The molecule has 0 aromatic heterocycles. The topological polar surface area (TPSA) is 46.2 Å². The van der Waals surface area contributed by atoms with Crippen molar-refractivity contribution in [3.05, 3.63) is 27.7 Å². The van der Waals surface area contributed by atoms with Crippen LogP contribution < -0.4 is 4.72 Å². The van der Waals surface area contributed by atoms with Crippen molar-refractivity contribution in [2.45, 2.75) is 32.1 Å². The third-order valence-electron chi connectivity index (χ3n) is 2.38. The number of rotatable bonds is 4. The van der Waals surface area contributed by atoms with Gasteiger partial charge in [0.05, 0.1) is 4.90 Å². The molecule has 0 amide bonds. The normalized spacial score (nSPS) is 11.8. The lowest BCUT2D eigenvalue weighted by molar-refractivity contribution is 0.580. The highest BCUT2D eigenvalue weighted by molar-refractivity contribution is 9.10. The Morgan fingerprint density at radius 3 is 2.38 bits per heavy atom. The monoisotopic (exact) mass is 305 g/mol. The van der Waals surface area contributed by atoms with Crippen molar-refractivity contribution >= 4 is 26.0 Å². The van der Waals surface area contributed by atoms with E-state index in [9.17, 15) is 8.42 Å². The van der Waals surface area contributed by atoms with Crippen LogP contribution in [0.1, 0.15) is 24.5 Å². The summed E-state index contributed by atoms with van der Waals surface area (Å²) in [6.45, 7) is 6.25. The summed E-state index contributed by atoms with van der Waals surface area (Å²) in [5.41, 5.74) is 2.04. The van der Waals surface area contributed by atoms with Gasteiger partial charge in [-0.1, -0.05) is 6.92 Å². The van der Waals surface area contributed by atoms with Crippen LogP contribution >= 0.6 is 15.9 Å². The molecule has 0 atom stereocenters. The Hall–Kier alpha value is -0.390. The van der Waals surface area contributed by atoms with Gasteiger partial charge in [-0.3, -0.25) is 0 Å². The summed E-state index contributed by atoms with van der Waals surface area (Å²) >= 11 is 3.29. The van der Waals surface area contributed by atoms with E-state index in [1.165, 1.54) is 0 Å². The molecule has 1 aromatic rings. The first-order valence-electron chi connectivity index (χ1n) is 5.15. The lowest BCUT2D eigenvalue weighted by Gasteiger charge is -2.10. The van der Waals surface area contributed by atoms with E-state index in [1.54, 1.807) is 6.07 Å². The van der Waals surface area contributed by atoms with Crippen LogP contribution in [-0.2, 0) is 10.0 Å². The van der Waals surface area contributed by atoms with Gasteiger partial charge < -0.3 is 0 Å². The van der Waals surface area contributed by atoms with Crippen LogP contribution in [0.4, 0.5) is 0 Å². The van der Waals surface area contributed by atoms with E-state index in [1.807, 2.05) is 26.8 Å². The molecule has 0 saturated carbocycles. The zero-order chi connectivity index (χ0) is 12.3. The SMILES string of the molecule is CCCNS(=O)(=O)c1cc(C)c(C)cc1Br. The Labute approximate surface area is 105 Å². The molecule has 1 rings (SSSR count). The second-order valence-corrected chi connectivity index (χ2v) is 6.35. The van der Waals surface area contributed by atoms with Gasteiger partial charge in [0, 0.05) is 11.0 Å². The zero-order valence-corrected chi connectivity index (χ0v) is 12.1. The number of hydrogen-bond acceptors (Lipinski definition) is 2. The maximum atomic E-state index is 11.9. The minimum Gasteiger partial charge on any atom is -0.211 e. The van der Waals surface area contributed by atoms with E-state index in [0.717, 1.165) is 17.5 Å². The van der Waals surface area contributed by atoms with Crippen LogP contribution in [0.15, 0.2) is 21.5 Å². The quantitative estimate of drug-likeness (QED) is 0.930. The van der Waals surface area contributed by atoms with Gasteiger partial charge in [0.25, 0.3) is 0 Å².